The van der Waals surface area contributed by atoms with Gasteiger partial charge in [-0.05, 0) is 168 Å². The van der Waals surface area contributed by atoms with Gasteiger partial charge in [0.25, 0.3) is 0 Å². The Morgan fingerprint density at radius 1 is 0.183 bits per heavy atom. The summed E-state index contributed by atoms with van der Waals surface area (Å²) >= 11 is 0. The lowest BCUT2D eigenvalue weighted by Crippen LogP contribution is -1.92. The van der Waals surface area contributed by atoms with Gasteiger partial charge in [0.1, 0.15) is 0 Å². The molecule has 0 fully saturated rings. The van der Waals surface area contributed by atoms with Gasteiger partial charge in [0.15, 0.2) is 0 Å². The topological polar surface area (TPSA) is 0 Å². The fourth-order valence-corrected chi connectivity index (χ4v) is 10.3. The fourth-order valence-electron chi connectivity index (χ4n) is 10.3. The van der Waals surface area contributed by atoms with Crippen molar-refractivity contribution < 1.29 is 0 Å². The van der Waals surface area contributed by atoms with Crippen LogP contribution in [-0.2, 0) is 0 Å². The molecule has 0 heterocycles. The van der Waals surface area contributed by atoms with Crippen LogP contribution in [0, 0.1) is 0 Å². The van der Waals surface area contributed by atoms with Crippen LogP contribution in [-0.4, -0.2) is 0 Å². The van der Waals surface area contributed by atoms with E-state index in [1.165, 1.54) is 131 Å². The maximum Gasteiger partial charge on any atom is -0.00199 e. The van der Waals surface area contributed by atoms with E-state index in [1.807, 2.05) is 0 Å². The minimum Gasteiger partial charge on any atom is -0.0616 e. The SMILES string of the molecule is c1ccc2c(c1)-c1cccc3cc(-c4ccc5cc(-c6ccc7c(-c8ccc9ccccc9c8)c8ccccc8c(-c8cccc9ccccc89)c7c6)ccc5c4)cc-2c13. The molecule has 12 aromatic rings. The molecule has 60 heavy (non-hydrogen) atoms. The van der Waals surface area contributed by atoms with E-state index in [-0.39, 0.29) is 0 Å². The van der Waals surface area contributed by atoms with E-state index in [4.69, 9.17) is 0 Å². The van der Waals surface area contributed by atoms with Crippen molar-refractivity contribution in [2.24, 2.45) is 0 Å². The third-order valence-electron chi connectivity index (χ3n) is 13.1. The Morgan fingerprint density at radius 3 is 1.45 bits per heavy atom. The molecule has 0 heteroatoms. The highest BCUT2D eigenvalue weighted by molar-refractivity contribution is 6.24. The zero-order chi connectivity index (χ0) is 39.3. The molecule has 0 aliphatic heterocycles. The summed E-state index contributed by atoms with van der Waals surface area (Å²) in [6, 6.07) is 81.5. The van der Waals surface area contributed by atoms with Crippen molar-refractivity contribution >= 4 is 64.6 Å². The maximum absolute atomic E-state index is 2.45. The minimum atomic E-state index is 1.21. The lowest BCUT2D eigenvalue weighted by atomic mass is 9.83. The largest absolute Gasteiger partial charge is 0.0616 e. The summed E-state index contributed by atoms with van der Waals surface area (Å²) in [5.41, 5.74) is 15.3. The number of hydrogen-bond acceptors (Lipinski definition) is 0. The molecular weight excluding hydrogens is 721 g/mol. The fraction of sp³-hybridized carbons (Fsp3) is 0. The second kappa shape index (κ2) is 12.9. The molecule has 1 aliphatic rings. The first-order valence-electron chi connectivity index (χ1n) is 20.9. The quantitative estimate of drug-likeness (QED) is 0.157. The van der Waals surface area contributed by atoms with Crippen molar-refractivity contribution in [3.05, 3.63) is 218 Å². The van der Waals surface area contributed by atoms with Gasteiger partial charge in [-0.1, -0.05) is 182 Å². The molecule has 13 rings (SSSR count). The van der Waals surface area contributed by atoms with E-state index in [1.54, 1.807) is 0 Å². The van der Waals surface area contributed by atoms with Crippen LogP contribution < -0.4 is 0 Å². The highest BCUT2D eigenvalue weighted by atomic mass is 14.3. The van der Waals surface area contributed by atoms with E-state index >= 15 is 0 Å². The van der Waals surface area contributed by atoms with Crippen LogP contribution >= 0.6 is 0 Å². The first-order valence-corrected chi connectivity index (χ1v) is 20.9. The summed E-state index contributed by atoms with van der Waals surface area (Å²) in [7, 11) is 0. The Kier molecular flexibility index (Phi) is 7.11. The van der Waals surface area contributed by atoms with E-state index in [0.717, 1.165) is 0 Å². The van der Waals surface area contributed by atoms with Crippen molar-refractivity contribution in [2.45, 2.75) is 0 Å². The Balaban J connectivity index is 0.994. The molecule has 0 atom stereocenters. The molecule has 0 radical (unpaired) electrons. The van der Waals surface area contributed by atoms with E-state index < -0.39 is 0 Å². The highest BCUT2D eigenvalue weighted by Crippen LogP contribution is 2.50. The molecule has 0 N–H and O–H groups in total. The molecule has 0 saturated heterocycles. The van der Waals surface area contributed by atoms with Gasteiger partial charge < -0.3 is 0 Å². The summed E-state index contributed by atoms with van der Waals surface area (Å²) in [4.78, 5) is 0. The first-order chi connectivity index (χ1) is 29.7. The molecule has 0 amide bonds. The van der Waals surface area contributed by atoms with Crippen molar-refractivity contribution in [2.75, 3.05) is 0 Å². The van der Waals surface area contributed by atoms with Crippen LogP contribution in [0.3, 0.4) is 0 Å². The van der Waals surface area contributed by atoms with Gasteiger partial charge in [-0.3, -0.25) is 0 Å². The van der Waals surface area contributed by atoms with Crippen LogP contribution in [0.2, 0.25) is 0 Å². The molecule has 276 valence electrons. The third-order valence-corrected chi connectivity index (χ3v) is 13.1. The molecule has 0 unspecified atom stereocenters. The van der Waals surface area contributed by atoms with Crippen LogP contribution in [0.4, 0.5) is 0 Å². The van der Waals surface area contributed by atoms with E-state index in [9.17, 15) is 0 Å². The zero-order valence-electron chi connectivity index (χ0n) is 32.8. The number of hydrogen-bond donors (Lipinski definition) is 0. The monoisotopic (exact) mass is 756 g/mol. The highest BCUT2D eigenvalue weighted by Gasteiger charge is 2.22. The van der Waals surface area contributed by atoms with Crippen molar-refractivity contribution in [1.29, 1.82) is 0 Å². The maximum atomic E-state index is 2.45. The van der Waals surface area contributed by atoms with Crippen LogP contribution in [0.25, 0.3) is 131 Å². The normalized spacial score (nSPS) is 12.0. The van der Waals surface area contributed by atoms with E-state index in [0.29, 0.717) is 0 Å². The van der Waals surface area contributed by atoms with Gasteiger partial charge in [0.2, 0.25) is 0 Å². The molecule has 1 aliphatic carbocycles. The summed E-state index contributed by atoms with van der Waals surface area (Å²) in [5.74, 6) is 0. The molecule has 0 saturated carbocycles. The molecule has 0 aromatic heterocycles. The van der Waals surface area contributed by atoms with Gasteiger partial charge >= 0.3 is 0 Å². The summed E-state index contributed by atoms with van der Waals surface area (Å²) in [6.07, 6.45) is 0. The standard InChI is InChI=1S/C60H36/c1-2-13-39-33-46(28-23-37(39)11-1)58-53-19-7-8-20-54(53)60(51-21-9-14-38-12-3-4-16-48(38)51)57-35-44(29-30-55(57)58)42-25-24-41-32-43(27-26-40(41)31-42)47-34-45-15-10-22-52-49-17-5-6-18-50(49)56(36-47)59(45)52/h1-36H. The van der Waals surface area contributed by atoms with E-state index in [2.05, 4.69) is 218 Å². The lowest BCUT2D eigenvalue weighted by molar-refractivity contribution is 1.65. The van der Waals surface area contributed by atoms with Gasteiger partial charge in [0, 0.05) is 0 Å². The van der Waals surface area contributed by atoms with Gasteiger partial charge in [0.05, 0.1) is 0 Å². The minimum absolute atomic E-state index is 1.21. The predicted octanol–water partition coefficient (Wildman–Crippen LogP) is 16.9. The van der Waals surface area contributed by atoms with Crippen molar-refractivity contribution in [3.8, 4) is 66.8 Å². The zero-order valence-corrected chi connectivity index (χ0v) is 32.8. The van der Waals surface area contributed by atoms with Crippen molar-refractivity contribution in [3.63, 3.8) is 0 Å². The average Bonchev–Trinajstić information content (AvgIpc) is 3.64. The van der Waals surface area contributed by atoms with Crippen LogP contribution in [0.1, 0.15) is 0 Å². The van der Waals surface area contributed by atoms with Crippen LogP contribution in [0.15, 0.2) is 218 Å². The summed E-state index contributed by atoms with van der Waals surface area (Å²) < 4.78 is 0. The smallest absolute Gasteiger partial charge is 0.00199 e. The first kappa shape index (κ1) is 33.2. The third kappa shape index (κ3) is 4.98. The molecule has 0 spiro atoms. The average molecular weight is 757 g/mol. The second-order valence-corrected chi connectivity index (χ2v) is 16.4. The molecule has 0 nitrogen and oxygen atoms in total. The van der Waals surface area contributed by atoms with Crippen molar-refractivity contribution in [1.82, 2.24) is 0 Å². The molecule has 12 aromatic carbocycles. The van der Waals surface area contributed by atoms with Crippen LogP contribution in [0.5, 0.6) is 0 Å². The molecule has 0 bridgehead atoms. The Hall–Kier alpha value is -7.80. The Bertz CT molecular complexity index is 3770. The van der Waals surface area contributed by atoms with Gasteiger partial charge in [-0.25, -0.2) is 0 Å². The summed E-state index contributed by atoms with van der Waals surface area (Å²) in [5, 5.41) is 15.2. The number of benzene rings is 12. The number of rotatable bonds is 4. The predicted molar refractivity (Wildman–Crippen MR) is 258 cm³/mol. The Morgan fingerprint density at radius 2 is 0.650 bits per heavy atom. The molecular formula is C60H36. The second-order valence-electron chi connectivity index (χ2n) is 16.4. The van der Waals surface area contributed by atoms with Gasteiger partial charge in [-0.15, -0.1) is 0 Å². The summed E-state index contributed by atoms with van der Waals surface area (Å²) in [6.45, 7) is 0. The lowest BCUT2D eigenvalue weighted by Gasteiger charge is -2.20. The number of fused-ring (bicyclic) bond motifs is 8. The van der Waals surface area contributed by atoms with Gasteiger partial charge in [-0.2, -0.15) is 0 Å². The Labute approximate surface area is 348 Å².